The maximum absolute atomic E-state index is 5.42. The van der Waals surface area contributed by atoms with Crippen molar-refractivity contribution in [2.24, 2.45) is 0 Å². The van der Waals surface area contributed by atoms with Gasteiger partial charge in [0.1, 0.15) is 5.75 Å². The highest BCUT2D eigenvalue weighted by molar-refractivity contribution is 6.05. The van der Waals surface area contributed by atoms with Crippen molar-refractivity contribution < 1.29 is 4.74 Å². The third-order valence-electron chi connectivity index (χ3n) is 5.13. The third-order valence-corrected chi connectivity index (χ3v) is 5.13. The number of hydrogen-bond acceptors (Lipinski definition) is 1. The predicted octanol–water partition coefficient (Wildman–Crippen LogP) is 6.23. The van der Waals surface area contributed by atoms with Crippen molar-refractivity contribution >= 4 is 27.2 Å². The first kappa shape index (κ1) is 15.0. The van der Waals surface area contributed by atoms with Gasteiger partial charge in [-0.05, 0) is 48.2 Å². The lowest BCUT2D eigenvalue weighted by atomic mass is 10.0. The molecule has 3 aromatic carbocycles. The van der Waals surface area contributed by atoms with E-state index in [1.54, 1.807) is 7.11 Å². The second-order valence-corrected chi connectivity index (χ2v) is 6.77. The molecule has 0 amide bonds. The summed E-state index contributed by atoms with van der Waals surface area (Å²) >= 11 is 0. The van der Waals surface area contributed by atoms with E-state index in [2.05, 4.69) is 84.1 Å². The first-order valence-electron chi connectivity index (χ1n) is 8.82. The largest absolute Gasteiger partial charge is 0.497 e. The fourth-order valence-electron chi connectivity index (χ4n) is 3.78. The average Bonchev–Trinajstić information content (AvgIpc) is 3.07. The Hall–Kier alpha value is -3.26. The molecular formula is C24H19NO. The molecule has 2 heteroatoms. The van der Waals surface area contributed by atoms with E-state index in [0.717, 1.165) is 5.75 Å². The van der Waals surface area contributed by atoms with Crippen LogP contribution in [-0.4, -0.2) is 11.5 Å². The minimum absolute atomic E-state index is 0.884. The third kappa shape index (κ3) is 2.19. The van der Waals surface area contributed by atoms with Gasteiger partial charge in [0.05, 0.1) is 23.8 Å². The van der Waals surface area contributed by atoms with E-state index >= 15 is 0 Å². The fraction of sp³-hybridized carbons (Fsp3) is 0.0833. The highest BCUT2D eigenvalue weighted by atomic mass is 16.5. The number of pyridine rings is 1. The Morgan fingerprint density at radius 2 is 1.54 bits per heavy atom. The van der Waals surface area contributed by atoms with Gasteiger partial charge in [0.25, 0.3) is 0 Å². The highest BCUT2D eigenvalue weighted by Gasteiger charge is 2.13. The van der Waals surface area contributed by atoms with Crippen LogP contribution in [0.25, 0.3) is 38.4 Å². The minimum atomic E-state index is 0.884. The fourth-order valence-corrected chi connectivity index (χ4v) is 3.78. The van der Waals surface area contributed by atoms with E-state index in [9.17, 15) is 0 Å². The topological polar surface area (TPSA) is 13.6 Å². The van der Waals surface area contributed by atoms with Gasteiger partial charge in [-0.2, -0.15) is 0 Å². The predicted molar refractivity (Wildman–Crippen MR) is 109 cm³/mol. The molecule has 126 valence electrons. The summed E-state index contributed by atoms with van der Waals surface area (Å²) in [7, 11) is 1.71. The van der Waals surface area contributed by atoms with Crippen molar-refractivity contribution in [1.29, 1.82) is 0 Å². The molecule has 0 saturated heterocycles. The van der Waals surface area contributed by atoms with Gasteiger partial charge in [-0.15, -0.1) is 0 Å². The molecule has 0 spiro atoms. The van der Waals surface area contributed by atoms with Gasteiger partial charge in [-0.3, -0.25) is 0 Å². The number of hydrogen-bond donors (Lipinski definition) is 0. The average molecular weight is 337 g/mol. The van der Waals surface area contributed by atoms with Gasteiger partial charge in [0.15, 0.2) is 0 Å². The summed E-state index contributed by atoms with van der Waals surface area (Å²) in [5.74, 6) is 0.884. The zero-order chi connectivity index (χ0) is 17.7. The van der Waals surface area contributed by atoms with Crippen molar-refractivity contribution in [1.82, 2.24) is 4.40 Å². The normalized spacial score (nSPS) is 11.5. The summed E-state index contributed by atoms with van der Waals surface area (Å²) in [5, 5.41) is 3.71. The molecule has 0 aliphatic heterocycles. The number of ether oxygens (including phenoxy) is 1. The van der Waals surface area contributed by atoms with Crippen LogP contribution in [0, 0.1) is 6.92 Å². The van der Waals surface area contributed by atoms with Crippen molar-refractivity contribution in [2.75, 3.05) is 7.11 Å². The van der Waals surface area contributed by atoms with Crippen LogP contribution in [-0.2, 0) is 0 Å². The standard InChI is InChI=1S/C24H19NO/c1-16-7-9-17(10-8-16)23-14-18-5-3-4-6-21(18)24-15-19-13-20(26-2)11-12-22(19)25(23)24/h3-15H,1-2H3. The molecule has 5 aromatic rings. The molecule has 26 heavy (non-hydrogen) atoms. The molecule has 0 bridgehead atoms. The van der Waals surface area contributed by atoms with E-state index in [1.807, 2.05) is 6.07 Å². The second kappa shape index (κ2) is 5.63. The summed E-state index contributed by atoms with van der Waals surface area (Å²) in [5.41, 5.74) is 6.12. The molecule has 2 heterocycles. The number of rotatable bonds is 2. The van der Waals surface area contributed by atoms with Crippen LogP contribution in [0.15, 0.2) is 78.9 Å². The number of methoxy groups -OCH3 is 1. The summed E-state index contributed by atoms with van der Waals surface area (Å²) in [6, 6.07) is 28.2. The van der Waals surface area contributed by atoms with Gasteiger partial charge in [0, 0.05) is 10.8 Å². The van der Waals surface area contributed by atoms with E-state index in [0.29, 0.717) is 0 Å². The summed E-state index contributed by atoms with van der Waals surface area (Å²) in [6.07, 6.45) is 0. The molecule has 0 radical (unpaired) electrons. The Morgan fingerprint density at radius 3 is 2.35 bits per heavy atom. The lowest BCUT2D eigenvalue weighted by molar-refractivity contribution is 0.415. The zero-order valence-electron chi connectivity index (χ0n) is 14.9. The minimum Gasteiger partial charge on any atom is -0.497 e. The van der Waals surface area contributed by atoms with E-state index < -0.39 is 0 Å². The SMILES string of the molecule is COc1ccc2c(c1)cc1c3ccccc3cc(-c3ccc(C)cc3)n21. The summed E-state index contributed by atoms with van der Waals surface area (Å²) < 4.78 is 7.79. The van der Waals surface area contributed by atoms with Gasteiger partial charge in [-0.25, -0.2) is 0 Å². The lowest BCUT2D eigenvalue weighted by Crippen LogP contribution is -1.93. The van der Waals surface area contributed by atoms with Crippen molar-refractivity contribution in [3.05, 3.63) is 84.4 Å². The van der Waals surface area contributed by atoms with E-state index in [1.165, 1.54) is 44.0 Å². The number of fused-ring (bicyclic) bond motifs is 5. The molecule has 2 aromatic heterocycles. The molecule has 0 unspecified atom stereocenters. The smallest absolute Gasteiger partial charge is 0.119 e. The monoisotopic (exact) mass is 337 g/mol. The van der Waals surface area contributed by atoms with Gasteiger partial charge < -0.3 is 9.14 Å². The summed E-state index contributed by atoms with van der Waals surface area (Å²) in [4.78, 5) is 0. The second-order valence-electron chi connectivity index (χ2n) is 6.77. The molecule has 0 fully saturated rings. The number of benzene rings is 3. The highest BCUT2D eigenvalue weighted by Crippen LogP contribution is 2.34. The molecule has 0 aliphatic rings. The first-order chi connectivity index (χ1) is 12.7. The molecule has 0 aliphatic carbocycles. The van der Waals surface area contributed by atoms with Crippen LogP contribution in [0.1, 0.15) is 5.56 Å². The Balaban J connectivity index is 1.97. The maximum Gasteiger partial charge on any atom is 0.119 e. The van der Waals surface area contributed by atoms with Crippen LogP contribution < -0.4 is 4.74 Å². The quantitative estimate of drug-likeness (QED) is 0.372. The Kier molecular flexibility index (Phi) is 3.26. The van der Waals surface area contributed by atoms with Gasteiger partial charge in [0.2, 0.25) is 0 Å². The van der Waals surface area contributed by atoms with E-state index in [4.69, 9.17) is 4.74 Å². The number of aromatic nitrogens is 1. The molecule has 5 rings (SSSR count). The molecule has 0 atom stereocenters. The van der Waals surface area contributed by atoms with Crippen LogP contribution in [0.5, 0.6) is 5.75 Å². The molecular weight excluding hydrogens is 318 g/mol. The van der Waals surface area contributed by atoms with Crippen molar-refractivity contribution in [3.8, 4) is 17.0 Å². The van der Waals surface area contributed by atoms with Crippen LogP contribution in [0.4, 0.5) is 0 Å². The Labute approximate surface area is 152 Å². The van der Waals surface area contributed by atoms with Crippen molar-refractivity contribution in [3.63, 3.8) is 0 Å². The summed E-state index contributed by atoms with van der Waals surface area (Å²) in [6.45, 7) is 2.12. The van der Waals surface area contributed by atoms with Crippen LogP contribution in [0.2, 0.25) is 0 Å². The number of aryl methyl sites for hydroxylation is 1. The van der Waals surface area contributed by atoms with Gasteiger partial charge >= 0.3 is 0 Å². The number of nitrogens with zero attached hydrogens (tertiary/aromatic N) is 1. The first-order valence-corrected chi connectivity index (χ1v) is 8.82. The Bertz CT molecular complexity index is 1260. The van der Waals surface area contributed by atoms with E-state index in [-0.39, 0.29) is 0 Å². The molecule has 0 saturated carbocycles. The molecule has 0 N–H and O–H groups in total. The van der Waals surface area contributed by atoms with Crippen molar-refractivity contribution in [2.45, 2.75) is 6.92 Å². The lowest BCUT2D eigenvalue weighted by Gasteiger charge is -2.12. The molecule has 2 nitrogen and oxygen atoms in total. The maximum atomic E-state index is 5.42. The Morgan fingerprint density at radius 1 is 0.731 bits per heavy atom. The van der Waals surface area contributed by atoms with Gasteiger partial charge in [-0.1, -0.05) is 54.1 Å². The van der Waals surface area contributed by atoms with Crippen LogP contribution in [0.3, 0.4) is 0 Å². The van der Waals surface area contributed by atoms with Crippen LogP contribution >= 0.6 is 0 Å². The zero-order valence-corrected chi connectivity index (χ0v) is 14.9.